The predicted octanol–water partition coefficient (Wildman–Crippen LogP) is 2.41. The van der Waals surface area contributed by atoms with Crippen LogP contribution in [0.25, 0.3) is 6.08 Å². The smallest absolute Gasteiger partial charge is 0.266 e. The maximum absolute atomic E-state index is 12.6. The van der Waals surface area contributed by atoms with Gasteiger partial charge in [-0.25, -0.2) is 0 Å². The van der Waals surface area contributed by atoms with Crippen LogP contribution in [0.2, 0.25) is 0 Å². The Labute approximate surface area is 138 Å². The highest BCUT2D eigenvalue weighted by molar-refractivity contribution is 7.80. The summed E-state index contributed by atoms with van der Waals surface area (Å²) in [5.41, 5.74) is 0.927. The maximum atomic E-state index is 12.6. The number of furan rings is 1. The van der Waals surface area contributed by atoms with Crippen molar-refractivity contribution in [2.24, 2.45) is 0 Å². The lowest BCUT2D eigenvalue weighted by Gasteiger charge is -2.28. The molecule has 1 saturated heterocycles. The first-order valence-electron chi connectivity index (χ1n) is 7.04. The van der Waals surface area contributed by atoms with E-state index in [0.717, 1.165) is 5.56 Å². The third-order valence-corrected chi connectivity index (χ3v) is 3.74. The second kappa shape index (κ2) is 6.18. The third kappa shape index (κ3) is 3.22. The first-order chi connectivity index (χ1) is 11.0. The van der Waals surface area contributed by atoms with Gasteiger partial charge in [0.15, 0.2) is 5.11 Å². The van der Waals surface area contributed by atoms with Gasteiger partial charge < -0.3 is 4.42 Å². The van der Waals surface area contributed by atoms with Crippen molar-refractivity contribution in [1.29, 1.82) is 0 Å². The highest BCUT2D eigenvalue weighted by Gasteiger charge is 2.33. The van der Waals surface area contributed by atoms with Crippen molar-refractivity contribution in [3.05, 3.63) is 65.1 Å². The number of nitrogens with zero attached hydrogens (tertiary/aromatic N) is 1. The molecule has 1 aromatic carbocycles. The zero-order chi connectivity index (χ0) is 16.4. The van der Waals surface area contributed by atoms with Gasteiger partial charge in [-0.15, -0.1) is 0 Å². The second-order valence-electron chi connectivity index (χ2n) is 5.14. The van der Waals surface area contributed by atoms with Crippen LogP contribution in [-0.4, -0.2) is 21.8 Å². The fourth-order valence-corrected chi connectivity index (χ4v) is 2.52. The molecular formula is C17H14N2O3S. The Balaban J connectivity index is 1.89. The van der Waals surface area contributed by atoms with E-state index in [4.69, 9.17) is 16.6 Å². The molecule has 0 spiro atoms. The highest BCUT2D eigenvalue weighted by atomic mass is 32.1. The van der Waals surface area contributed by atoms with Crippen LogP contribution in [0.5, 0.6) is 0 Å². The van der Waals surface area contributed by atoms with Gasteiger partial charge in [0, 0.05) is 0 Å². The van der Waals surface area contributed by atoms with Crippen molar-refractivity contribution in [2.45, 2.75) is 13.5 Å². The average molecular weight is 326 g/mol. The van der Waals surface area contributed by atoms with Gasteiger partial charge in [-0.3, -0.25) is 19.8 Å². The quantitative estimate of drug-likeness (QED) is 0.534. The van der Waals surface area contributed by atoms with Gasteiger partial charge in [0.2, 0.25) is 0 Å². The topological polar surface area (TPSA) is 62.6 Å². The second-order valence-corrected chi connectivity index (χ2v) is 5.53. The van der Waals surface area contributed by atoms with Crippen LogP contribution < -0.4 is 5.32 Å². The average Bonchev–Trinajstić information content (AvgIpc) is 2.94. The molecule has 3 rings (SSSR count). The summed E-state index contributed by atoms with van der Waals surface area (Å²) in [5, 5.41) is 2.65. The molecule has 116 valence electrons. The van der Waals surface area contributed by atoms with Crippen LogP contribution in [0.1, 0.15) is 17.1 Å². The van der Waals surface area contributed by atoms with E-state index < -0.39 is 11.8 Å². The Morgan fingerprint density at radius 3 is 2.57 bits per heavy atom. The maximum Gasteiger partial charge on any atom is 0.266 e. The van der Waals surface area contributed by atoms with Crippen molar-refractivity contribution in [2.75, 3.05) is 0 Å². The van der Waals surface area contributed by atoms with E-state index in [1.54, 1.807) is 19.1 Å². The Kier molecular flexibility index (Phi) is 4.08. The summed E-state index contributed by atoms with van der Waals surface area (Å²) in [7, 11) is 0. The van der Waals surface area contributed by atoms with E-state index in [1.165, 1.54) is 11.0 Å². The Morgan fingerprint density at radius 1 is 1.17 bits per heavy atom. The SMILES string of the molecule is Cc1ccc(C=C2C(=O)NC(=S)N(Cc3ccccc3)C2=O)o1. The lowest BCUT2D eigenvalue weighted by molar-refractivity contribution is -0.129. The first-order valence-corrected chi connectivity index (χ1v) is 7.44. The minimum absolute atomic E-state index is 0.00359. The van der Waals surface area contributed by atoms with Crippen LogP contribution in [0.15, 0.2) is 52.5 Å². The number of hydrogen-bond donors (Lipinski definition) is 1. The summed E-state index contributed by atoms with van der Waals surface area (Å²) >= 11 is 5.12. The number of aryl methyl sites for hydroxylation is 1. The van der Waals surface area contributed by atoms with E-state index >= 15 is 0 Å². The minimum Gasteiger partial charge on any atom is -0.462 e. The first kappa shape index (κ1) is 15.2. The summed E-state index contributed by atoms with van der Waals surface area (Å²) < 4.78 is 5.40. The Bertz CT molecular complexity index is 808. The molecule has 1 aliphatic heterocycles. The molecule has 0 aliphatic carbocycles. The number of amides is 2. The lowest BCUT2D eigenvalue weighted by Crippen LogP contribution is -2.53. The molecule has 0 saturated carbocycles. The number of thiocarbonyl (C=S) groups is 1. The summed E-state index contributed by atoms with van der Waals surface area (Å²) in [5.74, 6) is 0.209. The summed E-state index contributed by atoms with van der Waals surface area (Å²) in [6, 6.07) is 12.9. The molecule has 6 heteroatoms. The third-order valence-electron chi connectivity index (χ3n) is 3.42. The van der Waals surface area contributed by atoms with Crippen molar-refractivity contribution in [3.63, 3.8) is 0 Å². The molecule has 2 heterocycles. The summed E-state index contributed by atoms with van der Waals surface area (Å²) in [6.45, 7) is 2.09. The fourth-order valence-electron chi connectivity index (χ4n) is 2.28. The van der Waals surface area contributed by atoms with Crippen LogP contribution >= 0.6 is 12.2 Å². The molecule has 1 N–H and O–H groups in total. The van der Waals surface area contributed by atoms with E-state index in [-0.39, 0.29) is 10.7 Å². The molecule has 0 atom stereocenters. The normalized spacial score (nSPS) is 16.8. The fraction of sp³-hybridized carbons (Fsp3) is 0.118. The monoisotopic (exact) mass is 326 g/mol. The van der Waals surface area contributed by atoms with Gasteiger partial charge >= 0.3 is 0 Å². The van der Waals surface area contributed by atoms with Crippen LogP contribution in [-0.2, 0) is 16.1 Å². The van der Waals surface area contributed by atoms with E-state index in [1.807, 2.05) is 30.3 Å². The number of hydrogen-bond acceptors (Lipinski definition) is 4. The Hall–Kier alpha value is -2.73. The van der Waals surface area contributed by atoms with Crippen molar-refractivity contribution in [3.8, 4) is 0 Å². The molecule has 0 radical (unpaired) electrons. The summed E-state index contributed by atoms with van der Waals surface area (Å²) in [4.78, 5) is 26.1. The number of nitrogens with one attached hydrogen (secondary N) is 1. The minimum atomic E-state index is -0.515. The zero-order valence-electron chi connectivity index (χ0n) is 12.4. The van der Waals surface area contributed by atoms with Crippen LogP contribution in [0.3, 0.4) is 0 Å². The van der Waals surface area contributed by atoms with E-state index in [2.05, 4.69) is 5.32 Å². The molecule has 1 fully saturated rings. The van der Waals surface area contributed by atoms with Gasteiger partial charge in [0.05, 0.1) is 6.54 Å². The molecule has 23 heavy (non-hydrogen) atoms. The lowest BCUT2D eigenvalue weighted by atomic mass is 10.1. The number of carbonyl (C=O) groups excluding carboxylic acids is 2. The Morgan fingerprint density at radius 2 is 1.91 bits per heavy atom. The van der Waals surface area contributed by atoms with Crippen molar-refractivity contribution < 1.29 is 14.0 Å². The van der Waals surface area contributed by atoms with Gasteiger partial charge in [-0.2, -0.15) is 0 Å². The molecule has 0 unspecified atom stereocenters. The predicted molar refractivity (Wildman–Crippen MR) is 89.2 cm³/mol. The number of carbonyl (C=O) groups is 2. The van der Waals surface area contributed by atoms with Crippen LogP contribution in [0, 0.1) is 6.92 Å². The molecule has 5 nitrogen and oxygen atoms in total. The molecular weight excluding hydrogens is 312 g/mol. The van der Waals surface area contributed by atoms with Gasteiger partial charge in [0.1, 0.15) is 17.1 Å². The zero-order valence-corrected chi connectivity index (χ0v) is 13.2. The molecule has 2 aromatic rings. The highest BCUT2D eigenvalue weighted by Crippen LogP contribution is 2.18. The number of benzene rings is 1. The standard InChI is InChI=1S/C17H14N2O3S/c1-11-7-8-13(22-11)9-14-15(20)18-17(23)19(16(14)21)10-12-5-3-2-4-6-12/h2-9H,10H2,1H3,(H,18,20,23). The molecule has 2 amide bonds. The van der Waals surface area contributed by atoms with E-state index in [0.29, 0.717) is 18.1 Å². The summed E-state index contributed by atoms with van der Waals surface area (Å²) in [6.07, 6.45) is 1.43. The van der Waals surface area contributed by atoms with Gasteiger partial charge in [-0.05, 0) is 42.9 Å². The van der Waals surface area contributed by atoms with Crippen LogP contribution in [0.4, 0.5) is 0 Å². The van der Waals surface area contributed by atoms with Gasteiger partial charge in [0.25, 0.3) is 11.8 Å². The van der Waals surface area contributed by atoms with E-state index in [9.17, 15) is 9.59 Å². The molecule has 0 bridgehead atoms. The number of rotatable bonds is 3. The molecule has 1 aromatic heterocycles. The molecule has 1 aliphatic rings. The van der Waals surface area contributed by atoms with Crippen molar-refractivity contribution >= 4 is 35.2 Å². The van der Waals surface area contributed by atoms with Gasteiger partial charge in [-0.1, -0.05) is 30.3 Å². The largest absolute Gasteiger partial charge is 0.462 e. The van der Waals surface area contributed by atoms with Crippen molar-refractivity contribution in [1.82, 2.24) is 10.2 Å².